The van der Waals surface area contributed by atoms with E-state index in [2.05, 4.69) is 106 Å². The fourth-order valence-electron chi connectivity index (χ4n) is 6.66. The Hall–Kier alpha value is -2.92. The monoisotopic (exact) mass is 835 g/mol. The fraction of sp³-hybridized carbons (Fsp3) is 0.709. The molecule has 1 unspecified atom stereocenters. The van der Waals surface area contributed by atoms with Gasteiger partial charge in [0, 0.05) is 19.4 Å². The lowest BCUT2D eigenvalue weighted by Gasteiger charge is -2.18. The summed E-state index contributed by atoms with van der Waals surface area (Å²) in [5, 5.41) is 0. The van der Waals surface area contributed by atoms with Gasteiger partial charge in [-0.3, -0.25) is 9.59 Å². The first-order valence-corrected chi connectivity index (χ1v) is 25.1. The number of carbonyl (C=O) groups excluding carboxylic acids is 2. The molecule has 0 N–H and O–H groups in total. The van der Waals surface area contributed by atoms with Crippen LogP contribution in [0.25, 0.3) is 0 Å². The van der Waals surface area contributed by atoms with Gasteiger partial charge in [-0.15, -0.1) is 0 Å². The molecule has 5 nitrogen and oxygen atoms in total. The van der Waals surface area contributed by atoms with E-state index in [0.29, 0.717) is 19.4 Å². The Morgan fingerprint density at radius 1 is 0.383 bits per heavy atom. The molecule has 0 aliphatic carbocycles. The van der Waals surface area contributed by atoms with Gasteiger partial charge in [-0.25, -0.2) is 0 Å². The highest BCUT2D eigenvalue weighted by Gasteiger charge is 2.17. The lowest BCUT2D eigenvalue weighted by molar-refractivity contribution is -0.163. The molecule has 0 bridgehead atoms. The summed E-state index contributed by atoms with van der Waals surface area (Å²) >= 11 is 0. The van der Waals surface area contributed by atoms with E-state index in [4.69, 9.17) is 14.2 Å². The molecule has 0 spiro atoms. The molecule has 0 radical (unpaired) electrons. The molecule has 0 saturated heterocycles. The molecule has 1 atom stereocenters. The molecule has 0 aromatic carbocycles. The van der Waals surface area contributed by atoms with E-state index in [1.165, 1.54) is 89.9 Å². The van der Waals surface area contributed by atoms with Gasteiger partial charge in [0.1, 0.15) is 6.61 Å². The van der Waals surface area contributed by atoms with E-state index in [1.54, 1.807) is 0 Å². The van der Waals surface area contributed by atoms with Gasteiger partial charge in [-0.05, 0) is 103 Å². The topological polar surface area (TPSA) is 61.8 Å². The minimum absolute atomic E-state index is 0.0665. The highest BCUT2D eigenvalue weighted by molar-refractivity contribution is 5.70. The number of allylic oxidation sites excluding steroid dienone is 14. The number of esters is 2. The van der Waals surface area contributed by atoms with Crippen molar-refractivity contribution < 1.29 is 23.8 Å². The van der Waals surface area contributed by atoms with Crippen LogP contribution in [0.1, 0.15) is 226 Å². The van der Waals surface area contributed by atoms with Crippen LogP contribution >= 0.6 is 0 Å². The maximum atomic E-state index is 12.8. The Morgan fingerprint density at radius 2 is 0.750 bits per heavy atom. The Morgan fingerprint density at radius 3 is 1.20 bits per heavy atom. The smallest absolute Gasteiger partial charge is 0.306 e. The summed E-state index contributed by atoms with van der Waals surface area (Å²) < 4.78 is 17.4. The maximum absolute atomic E-state index is 12.8. The zero-order valence-corrected chi connectivity index (χ0v) is 39.5. The lowest BCUT2D eigenvalue weighted by atomic mass is 10.1. The predicted molar refractivity (Wildman–Crippen MR) is 260 cm³/mol. The summed E-state index contributed by atoms with van der Waals surface area (Å²) in [7, 11) is 0. The normalized spacial score (nSPS) is 12.9. The van der Waals surface area contributed by atoms with Crippen molar-refractivity contribution in [2.24, 2.45) is 0 Å². The molecule has 0 amide bonds. The first-order valence-electron chi connectivity index (χ1n) is 25.1. The Labute approximate surface area is 371 Å². The first kappa shape index (κ1) is 57.1. The number of unbranched alkanes of at least 4 members (excludes halogenated alkanes) is 20. The average Bonchev–Trinajstić information content (AvgIpc) is 3.25. The molecule has 0 fully saturated rings. The Kier molecular flexibility index (Phi) is 48.0. The van der Waals surface area contributed by atoms with E-state index in [9.17, 15) is 9.59 Å². The van der Waals surface area contributed by atoms with E-state index in [1.807, 2.05) is 0 Å². The molecule has 60 heavy (non-hydrogen) atoms. The first-order chi connectivity index (χ1) is 29.6. The van der Waals surface area contributed by atoms with Gasteiger partial charge in [0.05, 0.1) is 6.61 Å². The van der Waals surface area contributed by atoms with Crippen molar-refractivity contribution in [3.05, 3.63) is 85.1 Å². The third-order valence-corrected chi connectivity index (χ3v) is 10.3. The van der Waals surface area contributed by atoms with Crippen molar-refractivity contribution in [2.75, 3.05) is 19.8 Å². The molecular formula is C55H94O5. The molecule has 0 aromatic heterocycles. The van der Waals surface area contributed by atoms with Crippen molar-refractivity contribution in [1.82, 2.24) is 0 Å². The summed E-state index contributed by atoms with van der Waals surface area (Å²) in [4.78, 5) is 25.4. The lowest BCUT2D eigenvalue weighted by Crippen LogP contribution is -2.30. The SMILES string of the molecule is CC/C=C\C/C=C\C/C=C\CCCCCCCCCC(=O)OCC(COCCCCCCCC/C=C\C/C=C\CCC)OC(=O)CCCCCCC/C=C\C/C=C\CCC. The van der Waals surface area contributed by atoms with Crippen molar-refractivity contribution in [1.29, 1.82) is 0 Å². The second kappa shape index (κ2) is 50.4. The molecule has 0 aliphatic heterocycles. The summed E-state index contributed by atoms with van der Waals surface area (Å²) in [6.45, 7) is 7.55. The Bertz CT molecular complexity index is 1130. The largest absolute Gasteiger partial charge is 0.462 e. The van der Waals surface area contributed by atoms with Crippen LogP contribution in [0.15, 0.2) is 85.1 Å². The summed E-state index contributed by atoms with van der Waals surface area (Å²) in [5.41, 5.74) is 0. The van der Waals surface area contributed by atoms with Crippen LogP contribution in [0.2, 0.25) is 0 Å². The van der Waals surface area contributed by atoms with E-state index in [0.717, 1.165) is 103 Å². The second-order valence-electron chi connectivity index (χ2n) is 16.3. The molecule has 344 valence electrons. The predicted octanol–water partition coefficient (Wildman–Crippen LogP) is 16.9. The number of hydrogen-bond acceptors (Lipinski definition) is 5. The molecule has 0 heterocycles. The zero-order valence-electron chi connectivity index (χ0n) is 39.5. The van der Waals surface area contributed by atoms with Crippen LogP contribution in [-0.4, -0.2) is 37.9 Å². The third-order valence-electron chi connectivity index (χ3n) is 10.3. The average molecular weight is 835 g/mol. The number of carbonyl (C=O) groups is 2. The van der Waals surface area contributed by atoms with Crippen LogP contribution in [-0.2, 0) is 23.8 Å². The minimum Gasteiger partial charge on any atom is -0.462 e. The van der Waals surface area contributed by atoms with E-state index < -0.39 is 6.10 Å². The van der Waals surface area contributed by atoms with Gasteiger partial charge in [0.25, 0.3) is 0 Å². The van der Waals surface area contributed by atoms with Crippen LogP contribution in [0.3, 0.4) is 0 Å². The van der Waals surface area contributed by atoms with Crippen LogP contribution in [0.4, 0.5) is 0 Å². The van der Waals surface area contributed by atoms with Crippen LogP contribution in [0, 0.1) is 0 Å². The zero-order chi connectivity index (χ0) is 43.5. The minimum atomic E-state index is -0.556. The standard InChI is InChI=1S/C55H94O5/c1-4-7-10-13-16-19-22-25-27-28-29-31-33-36-39-42-45-48-54(56)59-52-53(51-58-50-47-44-41-38-35-32-26-23-20-17-14-11-8-5-2)60-55(57)49-46-43-40-37-34-30-24-21-18-15-12-9-6-3/h7,10-12,14-16,19-21,23-25,27,53H,4-6,8-9,13,17-18,22,26,28-52H2,1-3H3/b10-7-,14-11-,15-12-,19-16-,23-20-,24-21-,27-25-. The van der Waals surface area contributed by atoms with E-state index in [-0.39, 0.29) is 25.2 Å². The molecule has 0 aromatic rings. The highest BCUT2D eigenvalue weighted by atomic mass is 16.6. The summed E-state index contributed by atoms with van der Waals surface area (Å²) in [5.74, 6) is -0.432. The molecule has 0 rings (SSSR count). The number of rotatable bonds is 45. The quantitative estimate of drug-likeness (QED) is 0.0347. The highest BCUT2D eigenvalue weighted by Crippen LogP contribution is 2.13. The van der Waals surface area contributed by atoms with Crippen molar-refractivity contribution in [2.45, 2.75) is 232 Å². The van der Waals surface area contributed by atoms with Crippen LogP contribution < -0.4 is 0 Å². The van der Waals surface area contributed by atoms with Crippen molar-refractivity contribution >= 4 is 11.9 Å². The molecule has 0 saturated carbocycles. The summed E-state index contributed by atoms with van der Waals surface area (Å²) in [6, 6.07) is 0. The number of ether oxygens (including phenoxy) is 3. The van der Waals surface area contributed by atoms with Crippen molar-refractivity contribution in [3.8, 4) is 0 Å². The van der Waals surface area contributed by atoms with Gasteiger partial charge in [0.15, 0.2) is 6.10 Å². The van der Waals surface area contributed by atoms with Gasteiger partial charge in [0.2, 0.25) is 0 Å². The van der Waals surface area contributed by atoms with Crippen molar-refractivity contribution in [3.63, 3.8) is 0 Å². The molecule has 5 heteroatoms. The molecular weight excluding hydrogens is 741 g/mol. The van der Waals surface area contributed by atoms with Crippen LogP contribution in [0.5, 0.6) is 0 Å². The maximum Gasteiger partial charge on any atom is 0.306 e. The Balaban J connectivity index is 4.31. The fourth-order valence-corrected chi connectivity index (χ4v) is 6.66. The van der Waals surface area contributed by atoms with Gasteiger partial charge in [-0.2, -0.15) is 0 Å². The van der Waals surface area contributed by atoms with Gasteiger partial charge >= 0.3 is 11.9 Å². The van der Waals surface area contributed by atoms with Gasteiger partial charge in [-0.1, -0.05) is 196 Å². The number of hydrogen-bond donors (Lipinski definition) is 0. The summed E-state index contributed by atoms with van der Waals surface area (Å²) in [6.07, 6.45) is 65.8. The van der Waals surface area contributed by atoms with Gasteiger partial charge < -0.3 is 14.2 Å². The third kappa shape index (κ3) is 47.8. The second-order valence-corrected chi connectivity index (χ2v) is 16.3. The van der Waals surface area contributed by atoms with E-state index >= 15 is 0 Å². The molecule has 0 aliphatic rings.